The molecule has 1 amide bonds. The van der Waals surface area contributed by atoms with Crippen molar-refractivity contribution in [1.82, 2.24) is 14.8 Å². The van der Waals surface area contributed by atoms with E-state index in [0.29, 0.717) is 15.7 Å². The van der Waals surface area contributed by atoms with Crippen molar-refractivity contribution in [3.8, 4) is 0 Å². The first-order chi connectivity index (χ1) is 10.0. The van der Waals surface area contributed by atoms with E-state index in [0.717, 1.165) is 10.2 Å². The minimum absolute atomic E-state index is 0.326. The van der Waals surface area contributed by atoms with Crippen molar-refractivity contribution < 1.29 is 4.79 Å². The Labute approximate surface area is 129 Å². The van der Waals surface area contributed by atoms with Gasteiger partial charge in [0, 0.05) is 23.8 Å². The van der Waals surface area contributed by atoms with Crippen molar-refractivity contribution in [2.24, 2.45) is 12.8 Å². The van der Waals surface area contributed by atoms with Crippen molar-refractivity contribution in [3.63, 3.8) is 0 Å². The Morgan fingerprint density at radius 1 is 1.52 bits per heavy atom. The number of hydrogen-bond acceptors (Lipinski definition) is 5. The highest BCUT2D eigenvalue weighted by molar-refractivity contribution is 7.22. The summed E-state index contributed by atoms with van der Waals surface area (Å²) in [4.78, 5) is 16.5. The Bertz CT molecular complexity index is 812. The molecular weight excluding hydrogens is 310 g/mol. The summed E-state index contributed by atoms with van der Waals surface area (Å²) >= 11 is 7.28. The van der Waals surface area contributed by atoms with E-state index in [1.165, 1.54) is 11.3 Å². The molecule has 0 saturated carbocycles. The molecule has 21 heavy (non-hydrogen) atoms. The van der Waals surface area contributed by atoms with Gasteiger partial charge >= 0.3 is 0 Å². The maximum Gasteiger partial charge on any atom is 0.247 e. The lowest BCUT2D eigenvalue weighted by atomic mass is 10.1. The van der Waals surface area contributed by atoms with E-state index in [1.807, 2.05) is 12.1 Å². The molecule has 1 aromatic carbocycles. The molecule has 8 heteroatoms. The summed E-state index contributed by atoms with van der Waals surface area (Å²) in [6.45, 7) is 0. The topological polar surface area (TPSA) is 85.8 Å². The van der Waals surface area contributed by atoms with Crippen LogP contribution in [0, 0.1) is 0 Å². The molecule has 6 nitrogen and oxygen atoms in total. The zero-order valence-electron chi connectivity index (χ0n) is 11.1. The van der Waals surface area contributed by atoms with Crippen LogP contribution >= 0.6 is 22.9 Å². The molecule has 2 heterocycles. The van der Waals surface area contributed by atoms with Crippen LogP contribution in [0.5, 0.6) is 0 Å². The molecule has 0 spiro atoms. The van der Waals surface area contributed by atoms with Crippen LogP contribution in [-0.4, -0.2) is 20.7 Å². The SMILES string of the molecule is Cn1cc(C(N)C(=O)Nc2nc3ccc(Cl)cc3s2)cn1. The first kappa shape index (κ1) is 14.0. The Morgan fingerprint density at radius 2 is 2.33 bits per heavy atom. The third-order valence-corrected chi connectivity index (χ3v) is 4.12. The first-order valence-corrected chi connectivity index (χ1v) is 7.33. The lowest BCUT2D eigenvalue weighted by Gasteiger charge is -2.07. The third-order valence-electron chi connectivity index (χ3n) is 2.95. The van der Waals surface area contributed by atoms with Gasteiger partial charge in [-0.2, -0.15) is 5.10 Å². The summed E-state index contributed by atoms with van der Waals surface area (Å²) in [5, 5.41) is 7.85. The smallest absolute Gasteiger partial charge is 0.247 e. The van der Waals surface area contributed by atoms with Gasteiger partial charge in [0.25, 0.3) is 0 Å². The monoisotopic (exact) mass is 321 g/mol. The Hall–Kier alpha value is -1.96. The molecular formula is C13H12ClN5OS. The van der Waals surface area contributed by atoms with Crippen LogP contribution in [0.25, 0.3) is 10.2 Å². The molecule has 0 aliphatic heterocycles. The van der Waals surface area contributed by atoms with Gasteiger partial charge < -0.3 is 11.1 Å². The normalized spacial score (nSPS) is 12.5. The number of fused-ring (bicyclic) bond motifs is 1. The summed E-state index contributed by atoms with van der Waals surface area (Å²) < 4.78 is 2.51. The van der Waals surface area contributed by atoms with Crippen molar-refractivity contribution in [2.45, 2.75) is 6.04 Å². The molecule has 0 bridgehead atoms. The largest absolute Gasteiger partial charge is 0.316 e. The number of rotatable bonds is 3. The lowest BCUT2D eigenvalue weighted by molar-refractivity contribution is -0.117. The van der Waals surface area contributed by atoms with E-state index in [9.17, 15) is 4.79 Å². The molecule has 1 atom stereocenters. The fraction of sp³-hybridized carbons (Fsp3) is 0.154. The number of thiazole rings is 1. The molecule has 108 valence electrons. The Morgan fingerprint density at radius 3 is 3.05 bits per heavy atom. The molecule has 3 aromatic rings. The van der Waals surface area contributed by atoms with Gasteiger partial charge in [-0.05, 0) is 18.2 Å². The minimum Gasteiger partial charge on any atom is -0.316 e. The van der Waals surface area contributed by atoms with E-state index in [-0.39, 0.29) is 5.91 Å². The van der Waals surface area contributed by atoms with Gasteiger partial charge in [0.05, 0.1) is 16.4 Å². The van der Waals surface area contributed by atoms with Gasteiger partial charge in [-0.1, -0.05) is 22.9 Å². The predicted molar refractivity (Wildman–Crippen MR) is 83.4 cm³/mol. The number of nitrogens with zero attached hydrogens (tertiary/aromatic N) is 3. The standard InChI is InChI=1S/C13H12ClN5OS/c1-19-6-7(5-16-19)11(15)12(20)18-13-17-9-3-2-8(14)4-10(9)21-13/h2-6,11H,15H2,1H3,(H,17,18,20). The third kappa shape index (κ3) is 2.90. The maximum absolute atomic E-state index is 12.1. The number of nitrogens with one attached hydrogen (secondary N) is 1. The molecule has 3 rings (SSSR count). The van der Waals surface area contributed by atoms with E-state index < -0.39 is 6.04 Å². The van der Waals surface area contributed by atoms with E-state index in [4.69, 9.17) is 17.3 Å². The molecule has 0 saturated heterocycles. The highest BCUT2D eigenvalue weighted by Crippen LogP contribution is 2.28. The van der Waals surface area contributed by atoms with Crippen molar-refractivity contribution in [1.29, 1.82) is 0 Å². The predicted octanol–water partition coefficient (Wildman–Crippen LogP) is 2.32. The molecule has 0 fully saturated rings. The Kier molecular flexibility index (Phi) is 3.62. The van der Waals surface area contributed by atoms with Crippen molar-refractivity contribution in [2.75, 3.05) is 5.32 Å². The highest BCUT2D eigenvalue weighted by atomic mass is 35.5. The fourth-order valence-electron chi connectivity index (χ4n) is 1.89. The van der Waals surface area contributed by atoms with Crippen LogP contribution in [0.3, 0.4) is 0 Å². The number of nitrogens with two attached hydrogens (primary N) is 1. The van der Waals surface area contributed by atoms with Crippen LogP contribution in [-0.2, 0) is 11.8 Å². The number of anilines is 1. The molecule has 0 aliphatic rings. The number of aromatic nitrogens is 3. The quantitative estimate of drug-likeness (QED) is 0.775. The second-order valence-corrected chi connectivity index (χ2v) is 6.01. The number of carbonyl (C=O) groups is 1. The number of hydrogen-bond donors (Lipinski definition) is 2. The second-order valence-electron chi connectivity index (χ2n) is 4.55. The van der Waals surface area contributed by atoms with Crippen molar-refractivity contribution in [3.05, 3.63) is 41.2 Å². The van der Waals surface area contributed by atoms with Gasteiger partial charge in [-0.3, -0.25) is 9.48 Å². The summed E-state index contributed by atoms with van der Waals surface area (Å²) in [6.07, 6.45) is 3.28. The van der Waals surface area contributed by atoms with E-state index in [1.54, 1.807) is 30.2 Å². The van der Waals surface area contributed by atoms with E-state index >= 15 is 0 Å². The zero-order valence-corrected chi connectivity index (χ0v) is 12.6. The maximum atomic E-state index is 12.1. The summed E-state index contributed by atoms with van der Waals surface area (Å²) in [6, 6.07) is 4.60. The van der Waals surface area contributed by atoms with Crippen LogP contribution in [0.15, 0.2) is 30.6 Å². The molecule has 0 aliphatic carbocycles. The fourth-order valence-corrected chi connectivity index (χ4v) is 3.03. The number of halogens is 1. The van der Waals surface area contributed by atoms with Gasteiger partial charge in [0.2, 0.25) is 5.91 Å². The first-order valence-electron chi connectivity index (χ1n) is 6.14. The summed E-state index contributed by atoms with van der Waals surface area (Å²) in [5.74, 6) is -0.326. The van der Waals surface area contributed by atoms with Gasteiger partial charge in [0.1, 0.15) is 6.04 Å². The van der Waals surface area contributed by atoms with E-state index in [2.05, 4.69) is 15.4 Å². The molecule has 2 aromatic heterocycles. The molecule has 1 unspecified atom stereocenters. The second kappa shape index (κ2) is 5.44. The number of amides is 1. The number of carbonyl (C=O) groups excluding carboxylic acids is 1. The average molecular weight is 322 g/mol. The Balaban J connectivity index is 1.79. The van der Waals surface area contributed by atoms with Gasteiger partial charge in [-0.15, -0.1) is 0 Å². The summed E-state index contributed by atoms with van der Waals surface area (Å²) in [5.41, 5.74) is 7.35. The van der Waals surface area contributed by atoms with Gasteiger partial charge in [-0.25, -0.2) is 4.98 Å². The highest BCUT2D eigenvalue weighted by Gasteiger charge is 2.18. The zero-order chi connectivity index (χ0) is 15.0. The number of aryl methyl sites for hydroxylation is 1. The minimum atomic E-state index is -0.783. The van der Waals surface area contributed by atoms with Crippen LogP contribution in [0.2, 0.25) is 5.02 Å². The number of benzene rings is 1. The van der Waals surface area contributed by atoms with Crippen LogP contribution in [0.4, 0.5) is 5.13 Å². The summed E-state index contributed by atoms with van der Waals surface area (Å²) in [7, 11) is 1.77. The van der Waals surface area contributed by atoms with Crippen LogP contribution in [0.1, 0.15) is 11.6 Å². The molecule has 3 N–H and O–H groups in total. The lowest BCUT2D eigenvalue weighted by Crippen LogP contribution is -2.27. The molecule has 0 radical (unpaired) electrons. The van der Waals surface area contributed by atoms with Crippen LogP contribution < -0.4 is 11.1 Å². The average Bonchev–Trinajstić information content (AvgIpc) is 3.03. The van der Waals surface area contributed by atoms with Crippen molar-refractivity contribution >= 4 is 44.2 Å². The van der Waals surface area contributed by atoms with Gasteiger partial charge in [0.15, 0.2) is 5.13 Å².